The molecule has 2 aliphatic heterocycles. The second-order valence-electron chi connectivity index (χ2n) is 5.26. The van der Waals surface area contributed by atoms with Crippen LogP contribution in [0.1, 0.15) is 16.7 Å². The number of hydrogen-bond acceptors (Lipinski definition) is 3. The first-order chi connectivity index (χ1) is 10.7. The van der Waals surface area contributed by atoms with E-state index in [0.717, 1.165) is 28.1 Å². The molecule has 0 atom stereocenters. The van der Waals surface area contributed by atoms with Crippen LogP contribution in [0.4, 0.5) is 11.4 Å². The van der Waals surface area contributed by atoms with Crippen molar-refractivity contribution in [3.63, 3.8) is 0 Å². The molecule has 0 saturated heterocycles. The summed E-state index contributed by atoms with van der Waals surface area (Å²) in [4.78, 5) is 12.4. The first kappa shape index (κ1) is 13.2. The van der Waals surface area contributed by atoms with Gasteiger partial charge in [-0.25, -0.2) is 0 Å². The molecular weight excluding hydrogens is 300 g/mol. The normalized spacial score (nSPS) is 18.5. The van der Waals surface area contributed by atoms with Gasteiger partial charge in [-0.05, 0) is 36.4 Å². The van der Waals surface area contributed by atoms with Gasteiger partial charge in [-0.3, -0.25) is 4.79 Å². The van der Waals surface area contributed by atoms with Crippen LogP contribution in [0.2, 0.25) is 5.02 Å². The predicted octanol–water partition coefficient (Wildman–Crippen LogP) is 3.73. The van der Waals surface area contributed by atoms with Gasteiger partial charge in [0.1, 0.15) is 12.4 Å². The Balaban J connectivity index is 1.92. The lowest BCUT2D eigenvalue weighted by Crippen LogP contribution is -2.05. The van der Waals surface area contributed by atoms with Gasteiger partial charge in [-0.1, -0.05) is 11.6 Å². The average Bonchev–Trinajstić information content (AvgIpc) is 3.06. The summed E-state index contributed by atoms with van der Waals surface area (Å²) >= 11 is 6.07. The van der Waals surface area contributed by atoms with Gasteiger partial charge in [0.25, 0.3) is 5.91 Å². The number of rotatable bonds is 1. The average molecular weight is 313 g/mol. The standard InChI is InChI=1S/C17H13ClN2O2/c1-19-11-3-4-12-9(6-11)8-22-16(12)15-13-7-10(18)2-5-14(13)20-17(15)21/h2-7,19H,8H2,1H3,(H,20,21)/b16-15+. The first-order valence-corrected chi connectivity index (χ1v) is 7.34. The predicted molar refractivity (Wildman–Crippen MR) is 87.7 cm³/mol. The lowest BCUT2D eigenvalue weighted by atomic mass is 10.0. The van der Waals surface area contributed by atoms with E-state index in [4.69, 9.17) is 16.3 Å². The Hall–Kier alpha value is -2.46. The van der Waals surface area contributed by atoms with Gasteiger partial charge in [0, 0.05) is 40.1 Å². The minimum atomic E-state index is -0.155. The highest BCUT2D eigenvalue weighted by Gasteiger charge is 2.32. The molecule has 2 aliphatic rings. The van der Waals surface area contributed by atoms with E-state index in [9.17, 15) is 4.79 Å². The van der Waals surface area contributed by atoms with Crippen LogP contribution in [-0.2, 0) is 16.1 Å². The van der Waals surface area contributed by atoms with Crippen molar-refractivity contribution in [3.05, 3.63) is 58.1 Å². The van der Waals surface area contributed by atoms with Crippen LogP contribution in [0, 0.1) is 0 Å². The summed E-state index contributed by atoms with van der Waals surface area (Å²) in [7, 11) is 1.87. The Labute approximate surface area is 132 Å². The van der Waals surface area contributed by atoms with Crippen molar-refractivity contribution in [3.8, 4) is 0 Å². The fourth-order valence-corrected chi connectivity index (χ4v) is 3.06. The van der Waals surface area contributed by atoms with Crippen LogP contribution in [0.25, 0.3) is 11.3 Å². The van der Waals surface area contributed by atoms with Gasteiger partial charge >= 0.3 is 0 Å². The topological polar surface area (TPSA) is 50.4 Å². The maximum atomic E-state index is 12.4. The Morgan fingerprint density at radius 2 is 2.05 bits per heavy atom. The fourth-order valence-electron chi connectivity index (χ4n) is 2.89. The summed E-state index contributed by atoms with van der Waals surface area (Å²) in [6.07, 6.45) is 0. The number of hydrogen-bond donors (Lipinski definition) is 2. The maximum Gasteiger partial charge on any atom is 0.260 e. The van der Waals surface area contributed by atoms with Crippen LogP contribution in [0.5, 0.6) is 0 Å². The van der Waals surface area contributed by atoms with Crippen molar-refractivity contribution < 1.29 is 9.53 Å². The molecule has 5 heteroatoms. The van der Waals surface area contributed by atoms with E-state index in [1.54, 1.807) is 12.1 Å². The lowest BCUT2D eigenvalue weighted by Gasteiger charge is -2.06. The summed E-state index contributed by atoms with van der Waals surface area (Å²) in [6, 6.07) is 11.3. The van der Waals surface area contributed by atoms with Crippen LogP contribution in [0.3, 0.4) is 0 Å². The smallest absolute Gasteiger partial charge is 0.260 e. The highest BCUT2D eigenvalue weighted by molar-refractivity contribution is 6.38. The SMILES string of the molecule is CNc1ccc2c(c1)CO/C2=C1/C(=O)Nc2ccc(Cl)cc21. The Morgan fingerprint density at radius 1 is 1.18 bits per heavy atom. The second-order valence-corrected chi connectivity index (χ2v) is 5.70. The third kappa shape index (κ3) is 1.88. The van der Waals surface area contributed by atoms with E-state index in [-0.39, 0.29) is 5.91 Å². The zero-order valence-corrected chi connectivity index (χ0v) is 12.6. The van der Waals surface area contributed by atoms with E-state index >= 15 is 0 Å². The molecule has 1 amide bonds. The third-order valence-electron chi connectivity index (χ3n) is 3.96. The molecule has 0 radical (unpaired) electrons. The van der Waals surface area contributed by atoms with E-state index in [0.29, 0.717) is 23.0 Å². The Morgan fingerprint density at radius 3 is 2.86 bits per heavy atom. The summed E-state index contributed by atoms with van der Waals surface area (Å²) in [5.41, 5.74) is 5.15. The van der Waals surface area contributed by atoms with E-state index in [1.807, 2.05) is 31.3 Å². The number of anilines is 2. The number of ether oxygens (including phenoxy) is 1. The molecule has 2 aromatic rings. The van der Waals surface area contributed by atoms with Crippen LogP contribution >= 0.6 is 11.6 Å². The molecule has 0 unspecified atom stereocenters. The number of carbonyl (C=O) groups is 1. The summed E-state index contributed by atoms with van der Waals surface area (Å²) in [5, 5.41) is 6.56. The Bertz CT molecular complexity index is 843. The molecule has 4 nitrogen and oxygen atoms in total. The first-order valence-electron chi connectivity index (χ1n) is 6.97. The molecular formula is C17H13ClN2O2. The molecule has 0 bridgehead atoms. The number of halogens is 1. The maximum absolute atomic E-state index is 12.4. The van der Waals surface area contributed by atoms with Gasteiger partial charge in [-0.15, -0.1) is 0 Å². The molecule has 0 saturated carbocycles. The Kier molecular flexibility index (Phi) is 2.87. The van der Waals surface area contributed by atoms with Gasteiger partial charge in [-0.2, -0.15) is 0 Å². The number of carbonyl (C=O) groups excluding carboxylic acids is 1. The van der Waals surface area contributed by atoms with E-state index < -0.39 is 0 Å². The zero-order chi connectivity index (χ0) is 15.3. The molecule has 0 fully saturated rings. The minimum Gasteiger partial charge on any atom is -0.487 e. The number of benzene rings is 2. The summed E-state index contributed by atoms with van der Waals surface area (Å²) in [5.74, 6) is 0.467. The number of fused-ring (bicyclic) bond motifs is 2. The molecule has 0 aromatic heterocycles. The quantitative estimate of drug-likeness (QED) is 0.789. The van der Waals surface area contributed by atoms with Crippen molar-refractivity contribution in [2.24, 2.45) is 0 Å². The second kappa shape index (κ2) is 4.78. The van der Waals surface area contributed by atoms with Crippen LogP contribution in [-0.4, -0.2) is 13.0 Å². The van der Waals surface area contributed by atoms with Crippen molar-refractivity contribution in [2.45, 2.75) is 6.61 Å². The minimum absolute atomic E-state index is 0.155. The van der Waals surface area contributed by atoms with Crippen molar-refractivity contribution in [2.75, 3.05) is 17.7 Å². The molecule has 22 heavy (non-hydrogen) atoms. The molecule has 110 valence electrons. The molecule has 2 N–H and O–H groups in total. The van der Waals surface area contributed by atoms with Crippen molar-refractivity contribution in [1.82, 2.24) is 0 Å². The summed E-state index contributed by atoms with van der Waals surface area (Å²) in [6.45, 7) is 0.465. The molecule has 2 heterocycles. The van der Waals surface area contributed by atoms with Crippen LogP contribution < -0.4 is 10.6 Å². The number of amides is 1. The highest BCUT2D eigenvalue weighted by atomic mass is 35.5. The van der Waals surface area contributed by atoms with Gasteiger partial charge in [0.2, 0.25) is 0 Å². The van der Waals surface area contributed by atoms with E-state index in [2.05, 4.69) is 10.6 Å². The molecule has 2 aromatic carbocycles. The third-order valence-corrected chi connectivity index (χ3v) is 4.20. The molecule has 0 spiro atoms. The van der Waals surface area contributed by atoms with Crippen LogP contribution in [0.15, 0.2) is 36.4 Å². The lowest BCUT2D eigenvalue weighted by molar-refractivity contribution is -0.110. The van der Waals surface area contributed by atoms with Gasteiger partial charge in [0.15, 0.2) is 0 Å². The zero-order valence-electron chi connectivity index (χ0n) is 11.9. The van der Waals surface area contributed by atoms with Crippen molar-refractivity contribution in [1.29, 1.82) is 0 Å². The fraction of sp³-hybridized carbons (Fsp3) is 0.118. The van der Waals surface area contributed by atoms with Crippen molar-refractivity contribution >= 4 is 40.2 Å². The van der Waals surface area contributed by atoms with Gasteiger partial charge < -0.3 is 15.4 Å². The van der Waals surface area contributed by atoms with E-state index in [1.165, 1.54) is 0 Å². The number of nitrogens with one attached hydrogen (secondary N) is 2. The van der Waals surface area contributed by atoms with Gasteiger partial charge in [0.05, 0.1) is 5.57 Å². The largest absolute Gasteiger partial charge is 0.487 e. The molecule has 4 rings (SSSR count). The molecule has 0 aliphatic carbocycles. The summed E-state index contributed by atoms with van der Waals surface area (Å²) < 4.78 is 5.82. The highest BCUT2D eigenvalue weighted by Crippen LogP contribution is 2.42. The monoisotopic (exact) mass is 312 g/mol.